The fourth-order valence-electron chi connectivity index (χ4n) is 4.30. The van der Waals surface area contributed by atoms with Gasteiger partial charge in [-0.1, -0.05) is 61.7 Å². The fraction of sp³-hybridized carbons (Fsp3) is 0.353. The lowest BCUT2D eigenvalue weighted by atomic mass is 9.89. The van der Waals surface area contributed by atoms with Gasteiger partial charge < -0.3 is 29.2 Å². The van der Waals surface area contributed by atoms with Crippen molar-refractivity contribution in [2.45, 2.75) is 31.8 Å². The normalized spacial score (nSPS) is 14.1. The Morgan fingerprint density at radius 2 is 1.51 bits per heavy atom. The van der Waals surface area contributed by atoms with Gasteiger partial charge in [-0.3, -0.25) is 4.39 Å². The number of carbonyl (C=O) groups excluding carboxylic acids is 2. The highest BCUT2D eigenvalue weighted by Gasteiger charge is 2.15. The summed E-state index contributed by atoms with van der Waals surface area (Å²) < 4.78 is 34.3. The summed E-state index contributed by atoms with van der Waals surface area (Å²) in [6.07, 6.45) is 8.60. The lowest BCUT2D eigenvalue weighted by Crippen LogP contribution is -2.18. The first kappa shape index (κ1) is 33.5. The fourth-order valence-corrected chi connectivity index (χ4v) is 4.30. The maximum absolute atomic E-state index is 12.9. The van der Waals surface area contributed by atoms with Crippen LogP contribution in [0.4, 0.5) is 4.39 Å². The standard InChI is InChI=1S/C34H39FO8/c1-24(22-36)33(38)42-19-17-40-30-11-6-26(7-12-30)28-10-15-32(29(21-28)5-3-4-16-35)27-8-13-31(14-9-27)41-18-20-43-34(39)25(2)23-37/h6-13,15,21,31,36-37H,1-5,14,16-20,22-23H2. The van der Waals surface area contributed by atoms with Crippen molar-refractivity contribution in [3.05, 3.63) is 96.1 Å². The summed E-state index contributed by atoms with van der Waals surface area (Å²) in [4.78, 5) is 23.1. The van der Waals surface area contributed by atoms with Gasteiger partial charge in [0.1, 0.15) is 25.6 Å². The highest BCUT2D eigenvalue weighted by molar-refractivity contribution is 5.88. The average Bonchev–Trinajstić information content (AvgIpc) is 3.04. The summed E-state index contributed by atoms with van der Waals surface area (Å²) in [6.45, 7) is 6.11. The third kappa shape index (κ3) is 10.6. The molecule has 0 heterocycles. The molecule has 2 aromatic rings. The molecule has 0 spiro atoms. The minimum absolute atomic E-state index is 0.00388. The van der Waals surface area contributed by atoms with E-state index in [9.17, 15) is 14.0 Å². The molecule has 43 heavy (non-hydrogen) atoms. The smallest absolute Gasteiger partial charge is 0.335 e. The van der Waals surface area contributed by atoms with Crippen LogP contribution in [0.15, 0.2) is 85.0 Å². The van der Waals surface area contributed by atoms with Crippen molar-refractivity contribution < 1.29 is 43.1 Å². The first-order valence-corrected chi connectivity index (χ1v) is 14.2. The van der Waals surface area contributed by atoms with Crippen LogP contribution in [0.25, 0.3) is 16.7 Å². The van der Waals surface area contributed by atoms with Crippen molar-refractivity contribution in [1.29, 1.82) is 0 Å². The second-order valence-electron chi connectivity index (χ2n) is 9.85. The Labute approximate surface area is 251 Å². The summed E-state index contributed by atoms with van der Waals surface area (Å²) in [5.74, 6) is -0.659. The van der Waals surface area contributed by atoms with Gasteiger partial charge in [-0.2, -0.15) is 0 Å². The molecule has 230 valence electrons. The zero-order valence-electron chi connectivity index (χ0n) is 24.3. The number of hydrogen-bond acceptors (Lipinski definition) is 8. The van der Waals surface area contributed by atoms with Gasteiger partial charge in [0, 0.05) is 0 Å². The van der Waals surface area contributed by atoms with Gasteiger partial charge in [-0.25, -0.2) is 9.59 Å². The van der Waals surface area contributed by atoms with E-state index in [0.717, 1.165) is 40.7 Å². The van der Waals surface area contributed by atoms with Crippen LogP contribution in [0.3, 0.4) is 0 Å². The van der Waals surface area contributed by atoms with E-state index in [2.05, 4.69) is 37.4 Å². The van der Waals surface area contributed by atoms with E-state index in [4.69, 9.17) is 29.2 Å². The Bertz CT molecular complexity index is 1310. The molecular formula is C34H39FO8. The van der Waals surface area contributed by atoms with E-state index >= 15 is 0 Å². The molecule has 2 aromatic carbocycles. The molecule has 1 aliphatic carbocycles. The third-order valence-electron chi connectivity index (χ3n) is 6.69. The summed E-state index contributed by atoms with van der Waals surface area (Å²) in [7, 11) is 0. The van der Waals surface area contributed by atoms with Crippen molar-refractivity contribution in [2.75, 3.05) is 46.3 Å². The molecular weight excluding hydrogens is 555 g/mol. The van der Waals surface area contributed by atoms with Gasteiger partial charge in [0.2, 0.25) is 0 Å². The first-order valence-electron chi connectivity index (χ1n) is 14.2. The summed E-state index contributed by atoms with van der Waals surface area (Å²) >= 11 is 0. The highest BCUT2D eigenvalue weighted by Crippen LogP contribution is 2.31. The van der Waals surface area contributed by atoms with Crippen molar-refractivity contribution >= 4 is 17.5 Å². The lowest BCUT2D eigenvalue weighted by molar-refractivity contribution is -0.141. The summed E-state index contributed by atoms with van der Waals surface area (Å²) in [5, 5.41) is 17.8. The highest BCUT2D eigenvalue weighted by atomic mass is 19.1. The van der Waals surface area contributed by atoms with E-state index < -0.39 is 25.2 Å². The maximum atomic E-state index is 12.9. The first-order chi connectivity index (χ1) is 20.9. The number of aryl methyl sites for hydroxylation is 1. The Kier molecular flexibility index (Phi) is 13.8. The molecule has 0 radical (unpaired) electrons. The van der Waals surface area contributed by atoms with Crippen LogP contribution < -0.4 is 4.74 Å². The molecule has 1 aliphatic rings. The molecule has 1 unspecified atom stereocenters. The van der Waals surface area contributed by atoms with Crippen molar-refractivity contribution in [2.24, 2.45) is 0 Å². The molecule has 9 heteroatoms. The minimum atomic E-state index is -0.651. The van der Waals surface area contributed by atoms with Crippen LogP contribution in [-0.2, 0) is 30.2 Å². The van der Waals surface area contributed by atoms with Gasteiger partial charge in [-0.05, 0) is 65.6 Å². The Morgan fingerprint density at radius 3 is 2.12 bits per heavy atom. The molecule has 0 amide bonds. The predicted molar refractivity (Wildman–Crippen MR) is 162 cm³/mol. The van der Waals surface area contributed by atoms with Crippen LogP contribution in [0, 0.1) is 0 Å². The molecule has 0 aliphatic heterocycles. The number of benzene rings is 2. The second kappa shape index (κ2) is 17.8. The molecule has 1 atom stereocenters. The number of allylic oxidation sites excluding steroid dienone is 2. The largest absolute Gasteiger partial charge is 0.490 e. The second-order valence-corrected chi connectivity index (χ2v) is 9.85. The lowest BCUT2D eigenvalue weighted by Gasteiger charge is -2.19. The minimum Gasteiger partial charge on any atom is -0.490 e. The quantitative estimate of drug-likeness (QED) is 0.142. The topological polar surface area (TPSA) is 112 Å². The van der Waals surface area contributed by atoms with Crippen LogP contribution in [0.2, 0.25) is 0 Å². The molecule has 0 bridgehead atoms. The molecule has 0 aromatic heterocycles. The van der Waals surface area contributed by atoms with Gasteiger partial charge in [0.25, 0.3) is 0 Å². The van der Waals surface area contributed by atoms with E-state index in [0.29, 0.717) is 18.6 Å². The van der Waals surface area contributed by atoms with Crippen molar-refractivity contribution in [1.82, 2.24) is 0 Å². The number of aliphatic hydroxyl groups excluding tert-OH is 2. The van der Waals surface area contributed by atoms with Crippen LogP contribution in [0.1, 0.15) is 30.4 Å². The summed E-state index contributed by atoms with van der Waals surface area (Å²) in [5.41, 5.74) is 5.32. The monoisotopic (exact) mass is 594 g/mol. The number of hydrogen-bond donors (Lipinski definition) is 2. The van der Waals surface area contributed by atoms with Gasteiger partial charge in [-0.15, -0.1) is 0 Å². The zero-order valence-corrected chi connectivity index (χ0v) is 24.3. The molecule has 0 saturated carbocycles. The number of unbranched alkanes of at least 4 members (excludes halogenated alkanes) is 1. The third-order valence-corrected chi connectivity index (χ3v) is 6.69. The SMILES string of the molecule is C=C(CO)C(=O)OCCOc1ccc(-c2ccc(C3=CCC(OCCOC(=O)C(=C)CO)C=C3)c(CCCCF)c2)cc1. The maximum Gasteiger partial charge on any atom is 0.335 e. The number of ether oxygens (including phenoxy) is 4. The molecule has 0 saturated heterocycles. The number of esters is 2. The van der Waals surface area contributed by atoms with E-state index in [-0.39, 0.29) is 50.4 Å². The van der Waals surface area contributed by atoms with Crippen LogP contribution >= 0.6 is 0 Å². The predicted octanol–water partition coefficient (Wildman–Crippen LogP) is 4.94. The van der Waals surface area contributed by atoms with Crippen molar-refractivity contribution in [3.63, 3.8) is 0 Å². The summed E-state index contributed by atoms with van der Waals surface area (Å²) in [6, 6.07) is 13.9. The van der Waals surface area contributed by atoms with E-state index in [1.807, 2.05) is 36.4 Å². The Hall–Kier alpha value is -4.05. The Balaban J connectivity index is 1.60. The van der Waals surface area contributed by atoms with Crippen molar-refractivity contribution in [3.8, 4) is 16.9 Å². The molecule has 0 fully saturated rings. The van der Waals surface area contributed by atoms with Gasteiger partial charge in [0.05, 0.1) is 43.7 Å². The van der Waals surface area contributed by atoms with Crippen LogP contribution in [0.5, 0.6) is 5.75 Å². The number of rotatable bonds is 18. The van der Waals surface area contributed by atoms with E-state index in [1.54, 1.807) is 0 Å². The molecule has 3 rings (SSSR count). The number of halogens is 1. The van der Waals surface area contributed by atoms with Gasteiger partial charge >= 0.3 is 11.9 Å². The van der Waals surface area contributed by atoms with Crippen LogP contribution in [-0.4, -0.2) is 74.6 Å². The zero-order chi connectivity index (χ0) is 31.0. The van der Waals surface area contributed by atoms with E-state index in [1.165, 1.54) is 0 Å². The molecule has 2 N–H and O–H groups in total. The average molecular weight is 595 g/mol. The number of aliphatic hydroxyl groups is 2. The molecule has 8 nitrogen and oxygen atoms in total. The number of alkyl halides is 1. The number of carbonyl (C=O) groups is 2. The van der Waals surface area contributed by atoms with Gasteiger partial charge in [0.15, 0.2) is 0 Å². The Morgan fingerprint density at radius 1 is 0.860 bits per heavy atom.